The highest BCUT2D eigenvalue weighted by Crippen LogP contribution is 2.36. The van der Waals surface area contributed by atoms with E-state index in [1.54, 1.807) is 42.3 Å². The van der Waals surface area contributed by atoms with Crippen LogP contribution in [-0.2, 0) is 11.3 Å². The zero-order chi connectivity index (χ0) is 19.7. The van der Waals surface area contributed by atoms with Crippen LogP contribution in [0.1, 0.15) is 28.9 Å². The molecule has 6 nitrogen and oxygen atoms in total. The largest absolute Gasteiger partial charge is 0.497 e. The van der Waals surface area contributed by atoms with E-state index >= 15 is 0 Å². The highest BCUT2D eigenvalue weighted by Gasteiger charge is 2.29. The summed E-state index contributed by atoms with van der Waals surface area (Å²) in [7, 11) is 1.57. The maximum Gasteiger partial charge on any atom is 0.270 e. The van der Waals surface area contributed by atoms with Crippen molar-refractivity contribution in [1.82, 2.24) is 10.3 Å². The second-order valence-corrected chi connectivity index (χ2v) is 6.68. The SMILES string of the molecule is COc1ccc2[nH]c(C(=O)NCc3ccccc3F)c(N3CCCC3=O)c2c1. The lowest BCUT2D eigenvalue weighted by Crippen LogP contribution is -2.29. The molecule has 0 unspecified atom stereocenters. The first-order chi connectivity index (χ1) is 13.6. The number of nitrogens with zero attached hydrogens (tertiary/aromatic N) is 1. The summed E-state index contributed by atoms with van der Waals surface area (Å²) in [5.41, 5.74) is 1.95. The van der Waals surface area contributed by atoms with Crippen LogP contribution in [0.15, 0.2) is 42.5 Å². The van der Waals surface area contributed by atoms with E-state index in [9.17, 15) is 14.0 Å². The fraction of sp³-hybridized carbons (Fsp3) is 0.238. The molecule has 1 saturated heterocycles. The summed E-state index contributed by atoms with van der Waals surface area (Å²) in [5.74, 6) is -0.156. The molecule has 0 radical (unpaired) electrons. The molecule has 0 spiro atoms. The molecule has 2 N–H and O–H groups in total. The van der Waals surface area contributed by atoms with Crippen LogP contribution in [-0.4, -0.2) is 30.5 Å². The normalized spacial score (nSPS) is 13.9. The molecule has 2 aromatic carbocycles. The van der Waals surface area contributed by atoms with Gasteiger partial charge in [-0.2, -0.15) is 0 Å². The quantitative estimate of drug-likeness (QED) is 0.712. The van der Waals surface area contributed by atoms with Crippen LogP contribution in [0.5, 0.6) is 5.75 Å². The molecule has 1 aliphatic heterocycles. The number of aromatic amines is 1. The van der Waals surface area contributed by atoms with Gasteiger partial charge >= 0.3 is 0 Å². The van der Waals surface area contributed by atoms with Crippen molar-refractivity contribution in [2.45, 2.75) is 19.4 Å². The van der Waals surface area contributed by atoms with Crippen LogP contribution in [0.3, 0.4) is 0 Å². The maximum atomic E-state index is 13.8. The standard InChI is InChI=1S/C21H20FN3O3/c1-28-14-8-9-17-15(11-14)20(25-10-4-7-18(25)26)19(24-17)21(27)23-12-13-5-2-3-6-16(13)22/h2-3,5-6,8-9,11,24H,4,7,10,12H2,1H3,(H,23,27). The number of benzene rings is 2. The predicted molar refractivity (Wildman–Crippen MR) is 104 cm³/mol. The second-order valence-electron chi connectivity index (χ2n) is 6.68. The monoisotopic (exact) mass is 381 g/mol. The molecule has 1 aromatic heterocycles. The number of carbonyl (C=O) groups is 2. The number of nitrogens with one attached hydrogen (secondary N) is 2. The van der Waals surface area contributed by atoms with Crippen molar-refractivity contribution in [2.24, 2.45) is 0 Å². The van der Waals surface area contributed by atoms with Crippen LogP contribution >= 0.6 is 0 Å². The van der Waals surface area contributed by atoms with Gasteiger partial charge in [-0.3, -0.25) is 9.59 Å². The first kappa shape index (κ1) is 18.0. The van der Waals surface area contributed by atoms with E-state index in [1.165, 1.54) is 6.07 Å². The van der Waals surface area contributed by atoms with Crippen molar-refractivity contribution in [1.29, 1.82) is 0 Å². The molecule has 144 valence electrons. The average Bonchev–Trinajstić information content (AvgIpc) is 3.29. The predicted octanol–water partition coefficient (Wildman–Crippen LogP) is 3.37. The van der Waals surface area contributed by atoms with Crippen LogP contribution < -0.4 is 15.0 Å². The lowest BCUT2D eigenvalue weighted by atomic mass is 10.1. The molecule has 0 bridgehead atoms. The summed E-state index contributed by atoms with van der Waals surface area (Å²) in [6.45, 7) is 0.605. The maximum absolute atomic E-state index is 13.8. The molecule has 2 heterocycles. The van der Waals surface area contributed by atoms with Crippen molar-refractivity contribution in [2.75, 3.05) is 18.6 Å². The van der Waals surface area contributed by atoms with Gasteiger partial charge in [-0.25, -0.2) is 4.39 Å². The van der Waals surface area contributed by atoms with Crippen molar-refractivity contribution in [3.63, 3.8) is 0 Å². The Balaban J connectivity index is 1.72. The smallest absolute Gasteiger partial charge is 0.270 e. The topological polar surface area (TPSA) is 74.4 Å². The van der Waals surface area contributed by atoms with Crippen molar-refractivity contribution < 1.29 is 18.7 Å². The summed E-state index contributed by atoms with van der Waals surface area (Å²) >= 11 is 0. The van der Waals surface area contributed by atoms with Gasteiger partial charge in [0.05, 0.1) is 12.8 Å². The summed E-state index contributed by atoms with van der Waals surface area (Å²) in [6, 6.07) is 11.7. The van der Waals surface area contributed by atoms with Gasteiger partial charge in [0.2, 0.25) is 5.91 Å². The van der Waals surface area contributed by atoms with Crippen LogP contribution in [0.4, 0.5) is 10.1 Å². The zero-order valence-corrected chi connectivity index (χ0v) is 15.4. The summed E-state index contributed by atoms with van der Waals surface area (Å²) < 4.78 is 19.1. The Hall–Kier alpha value is -3.35. The van der Waals surface area contributed by atoms with Gasteiger partial charge in [-0.15, -0.1) is 0 Å². The lowest BCUT2D eigenvalue weighted by molar-refractivity contribution is -0.117. The van der Waals surface area contributed by atoms with E-state index in [4.69, 9.17) is 4.74 Å². The third-order valence-electron chi connectivity index (χ3n) is 4.95. The average molecular weight is 381 g/mol. The Kier molecular flexibility index (Phi) is 4.73. The van der Waals surface area contributed by atoms with Gasteiger partial charge in [0.15, 0.2) is 0 Å². The Morgan fingerprint density at radius 3 is 2.82 bits per heavy atom. The molecule has 0 aliphatic carbocycles. The number of aromatic nitrogens is 1. The minimum absolute atomic E-state index is 0.0214. The number of rotatable bonds is 5. The van der Waals surface area contributed by atoms with Gasteiger partial charge in [-0.1, -0.05) is 18.2 Å². The number of amides is 2. The minimum atomic E-state index is -0.395. The van der Waals surface area contributed by atoms with Crippen molar-refractivity contribution in [3.05, 3.63) is 59.5 Å². The van der Waals surface area contributed by atoms with Gasteiger partial charge in [-0.05, 0) is 30.7 Å². The van der Waals surface area contributed by atoms with Gasteiger partial charge in [0.1, 0.15) is 17.3 Å². The molecule has 28 heavy (non-hydrogen) atoms. The molecule has 3 aromatic rings. The number of anilines is 1. The number of carbonyl (C=O) groups excluding carboxylic acids is 2. The molecule has 1 fully saturated rings. The second kappa shape index (κ2) is 7.34. The Morgan fingerprint density at radius 1 is 1.29 bits per heavy atom. The van der Waals surface area contributed by atoms with E-state index < -0.39 is 5.91 Å². The van der Waals surface area contributed by atoms with E-state index in [0.29, 0.717) is 30.0 Å². The summed E-state index contributed by atoms with van der Waals surface area (Å²) in [6.07, 6.45) is 1.19. The lowest BCUT2D eigenvalue weighted by Gasteiger charge is -2.17. The molecule has 2 amide bonds. The zero-order valence-electron chi connectivity index (χ0n) is 15.4. The Bertz CT molecular complexity index is 1060. The number of halogens is 1. The van der Waals surface area contributed by atoms with Gasteiger partial charge < -0.3 is 19.9 Å². The fourth-order valence-corrected chi connectivity index (χ4v) is 3.52. The highest BCUT2D eigenvalue weighted by molar-refractivity contribution is 6.14. The molecule has 0 saturated carbocycles. The number of ether oxygens (including phenoxy) is 1. The highest BCUT2D eigenvalue weighted by atomic mass is 19.1. The van der Waals surface area contributed by atoms with Gasteiger partial charge in [0, 0.05) is 36.0 Å². The molecular weight excluding hydrogens is 361 g/mol. The molecule has 0 atom stereocenters. The first-order valence-electron chi connectivity index (χ1n) is 9.10. The number of methoxy groups -OCH3 is 1. The van der Waals surface area contributed by atoms with Crippen LogP contribution in [0, 0.1) is 5.82 Å². The van der Waals surface area contributed by atoms with E-state index in [-0.39, 0.29) is 24.0 Å². The minimum Gasteiger partial charge on any atom is -0.497 e. The third-order valence-corrected chi connectivity index (χ3v) is 4.95. The van der Waals surface area contributed by atoms with Crippen molar-refractivity contribution in [3.8, 4) is 5.75 Å². The number of hydrogen-bond donors (Lipinski definition) is 2. The first-order valence-corrected chi connectivity index (χ1v) is 9.10. The third kappa shape index (κ3) is 3.19. The van der Waals surface area contributed by atoms with E-state index in [0.717, 1.165) is 17.3 Å². The molecule has 1 aliphatic rings. The number of fused-ring (bicyclic) bond motifs is 1. The van der Waals surface area contributed by atoms with Crippen LogP contribution in [0.2, 0.25) is 0 Å². The van der Waals surface area contributed by atoms with Crippen LogP contribution in [0.25, 0.3) is 10.9 Å². The van der Waals surface area contributed by atoms with E-state index in [1.807, 2.05) is 6.07 Å². The Labute approximate surface area is 161 Å². The number of H-pyrrole nitrogens is 1. The number of hydrogen-bond acceptors (Lipinski definition) is 3. The Morgan fingerprint density at radius 2 is 2.11 bits per heavy atom. The molecule has 7 heteroatoms. The molecular formula is C21H20FN3O3. The molecule has 4 rings (SSSR count). The fourth-order valence-electron chi connectivity index (χ4n) is 3.52. The summed E-state index contributed by atoms with van der Waals surface area (Å²) in [4.78, 5) is 30.0. The van der Waals surface area contributed by atoms with Crippen molar-refractivity contribution >= 4 is 28.4 Å². The van der Waals surface area contributed by atoms with Gasteiger partial charge in [0.25, 0.3) is 5.91 Å². The summed E-state index contributed by atoms with van der Waals surface area (Å²) in [5, 5.41) is 3.49. The van der Waals surface area contributed by atoms with E-state index in [2.05, 4.69) is 10.3 Å².